The quantitative estimate of drug-likeness (QED) is 0.608. The van der Waals surface area contributed by atoms with Crippen molar-refractivity contribution < 1.29 is 4.74 Å². The molecule has 0 aliphatic carbocycles. The van der Waals surface area contributed by atoms with Gasteiger partial charge < -0.3 is 10.1 Å². The first-order valence-corrected chi connectivity index (χ1v) is 9.07. The monoisotopic (exact) mass is 391 g/mol. The fourth-order valence-electron chi connectivity index (χ4n) is 2.38. The molecule has 26 heavy (non-hydrogen) atoms. The van der Waals surface area contributed by atoms with Gasteiger partial charge in [0.25, 0.3) is 0 Å². The Bertz CT molecular complexity index is 851. The summed E-state index contributed by atoms with van der Waals surface area (Å²) in [5.74, 6) is 1.44. The summed E-state index contributed by atoms with van der Waals surface area (Å²) < 4.78 is 7.54. The van der Waals surface area contributed by atoms with Gasteiger partial charge in [-0.3, -0.25) is 0 Å². The van der Waals surface area contributed by atoms with Gasteiger partial charge in [-0.25, -0.2) is 4.68 Å². The van der Waals surface area contributed by atoms with Gasteiger partial charge in [-0.2, -0.15) is 0 Å². The first-order valence-electron chi connectivity index (χ1n) is 8.31. The highest BCUT2D eigenvalue weighted by Crippen LogP contribution is 2.23. The molecular formula is C18H19Cl2N5O. The molecule has 0 atom stereocenters. The molecule has 1 heterocycles. The second kappa shape index (κ2) is 8.87. The molecule has 0 bridgehead atoms. The predicted octanol–water partition coefficient (Wildman–Crippen LogP) is 4.58. The minimum absolute atomic E-state index is 0.388. The topological polar surface area (TPSA) is 64.9 Å². The first kappa shape index (κ1) is 18.5. The summed E-state index contributed by atoms with van der Waals surface area (Å²) in [6.07, 6.45) is 0.976. The molecule has 3 rings (SSSR count). The van der Waals surface area contributed by atoms with E-state index < -0.39 is 0 Å². The van der Waals surface area contributed by atoms with Crippen molar-refractivity contribution in [3.63, 3.8) is 0 Å². The lowest BCUT2D eigenvalue weighted by molar-refractivity contribution is 0.306. The van der Waals surface area contributed by atoms with Crippen LogP contribution in [0.15, 0.2) is 42.5 Å². The fraction of sp³-hybridized carbons (Fsp3) is 0.278. The molecule has 6 nitrogen and oxygen atoms in total. The number of anilines is 1. The summed E-state index contributed by atoms with van der Waals surface area (Å²) in [7, 11) is 0. The number of benzene rings is 2. The number of nitrogens with one attached hydrogen (secondary N) is 1. The second-order valence-corrected chi connectivity index (χ2v) is 6.59. The average Bonchev–Trinajstić information content (AvgIpc) is 3.08. The summed E-state index contributed by atoms with van der Waals surface area (Å²) in [5.41, 5.74) is 2.00. The summed E-state index contributed by atoms with van der Waals surface area (Å²) in [6.45, 7) is 3.89. The molecule has 0 spiro atoms. The minimum atomic E-state index is 0.388. The Hall–Kier alpha value is -2.31. The van der Waals surface area contributed by atoms with Crippen LogP contribution in [0.1, 0.15) is 24.5 Å². The van der Waals surface area contributed by atoms with Crippen LogP contribution in [0.3, 0.4) is 0 Å². The third-order valence-electron chi connectivity index (χ3n) is 3.75. The fourth-order valence-corrected chi connectivity index (χ4v) is 2.84. The molecule has 2 aromatic carbocycles. The number of aryl methyl sites for hydroxylation is 1. The molecule has 0 fully saturated rings. The van der Waals surface area contributed by atoms with Gasteiger partial charge in [0.05, 0.1) is 0 Å². The zero-order valence-electron chi connectivity index (χ0n) is 14.3. The lowest BCUT2D eigenvalue weighted by atomic mass is 10.2. The van der Waals surface area contributed by atoms with Gasteiger partial charge in [-0.1, -0.05) is 53.4 Å². The highest BCUT2D eigenvalue weighted by molar-refractivity contribution is 6.35. The Kier molecular flexibility index (Phi) is 6.30. The van der Waals surface area contributed by atoms with E-state index in [1.807, 2.05) is 30.3 Å². The average molecular weight is 392 g/mol. The Morgan fingerprint density at radius 2 is 1.92 bits per heavy atom. The highest BCUT2D eigenvalue weighted by atomic mass is 35.5. The summed E-state index contributed by atoms with van der Waals surface area (Å²) in [4.78, 5) is 0. The summed E-state index contributed by atoms with van der Waals surface area (Å²) >= 11 is 12.1. The molecule has 1 N–H and O–H groups in total. The van der Waals surface area contributed by atoms with E-state index in [2.05, 4.69) is 27.8 Å². The third kappa shape index (κ3) is 4.86. The van der Waals surface area contributed by atoms with Crippen molar-refractivity contribution in [2.24, 2.45) is 0 Å². The molecule has 136 valence electrons. The van der Waals surface area contributed by atoms with Gasteiger partial charge >= 0.3 is 0 Å². The van der Waals surface area contributed by atoms with Crippen molar-refractivity contribution in [1.82, 2.24) is 20.2 Å². The van der Waals surface area contributed by atoms with E-state index in [0.29, 0.717) is 29.1 Å². The number of tetrazole rings is 1. The number of aromatic nitrogens is 4. The van der Waals surface area contributed by atoms with Crippen LogP contribution in [0.5, 0.6) is 5.75 Å². The molecule has 0 saturated heterocycles. The van der Waals surface area contributed by atoms with Crippen LogP contribution in [0, 0.1) is 0 Å². The molecule has 0 saturated carbocycles. The Morgan fingerprint density at radius 1 is 1.12 bits per heavy atom. The van der Waals surface area contributed by atoms with Crippen LogP contribution in [0.25, 0.3) is 0 Å². The standard InChI is InChI=1S/C18H19Cl2N5O/c1-2-9-25-18(22-23-24-25)21-11-13-3-7-16(8-4-13)26-12-14-5-6-15(19)10-17(14)20/h3-8,10H,2,9,11-12H2,1H3,(H,21,22,24). The van der Waals surface area contributed by atoms with Gasteiger partial charge in [0.2, 0.25) is 5.95 Å². The van der Waals surface area contributed by atoms with Gasteiger partial charge in [0.1, 0.15) is 12.4 Å². The molecule has 0 aliphatic rings. The van der Waals surface area contributed by atoms with E-state index in [1.54, 1.807) is 16.8 Å². The van der Waals surface area contributed by atoms with Crippen molar-refractivity contribution in [2.45, 2.75) is 33.0 Å². The molecule has 0 radical (unpaired) electrons. The van der Waals surface area contributed by atoms with E-state index in [-0.39, 0.29) is 0 Å². The van der Waals surface area contributed by atoms with Crippen molar-refractivity contribution in [3.05, 3.63) is 63.6 Å². The largest absolute Gasteiger partial charge is 0.489 e. The smallest absolute Gasteiger partial charge is 0.243 e. The normalized spacial score (nSPS) is 10.7. The molecule has 0 amide bonds. The Balaban J connectivity index is 1.54. The van der Waals surface area contributed by atoms with E-state index in [0.717, 1.165) is 29.8 Å². The summed E-state index contributed by atoms with van der Waals surface area (Å²) in [6, 6.07) is 13.2. The van der Waals surface area contributed by atoms with Crippen LogP contribution in [-0.2, 0) is 19.7 Å². The van der Waals surface area contributed by atoms with Crippen LogP contribution < -0.4 is 10.1 Å². The lowest BCUT2D eigenvalue weighted by Gasteiger charge is -2.10. The number of nitrogens with zero attached hydrogens (tertiary/aromatic N) is 4. The van der Waals surface area contributed by atoms with Gasteiger partial charge in [-0.05, 0) is 46.7 Å². The van der Waals surface area contributed by atoms with E-state index in [1.165, 1.54) is 0 Å². The molecule has 0 aliphatic heterocycles. The summed E-state index contributed by atoms with van der Waals surface area (Å²) in [5, 5.41) is 16.1. The lowest BCUT2D eigenvalue weighted by Crippen LogP contribution is -2.08. The van der Waals surface area contributed by atoms with E-state index >= 15 is 0 Å². The van der Waals surface area contributed by atoms with Gasteiger partial charge in [0, 0.05) is 28.7 Å². The predicted molar refractivity (Wildman–Crippen MR) is 103 cm³/mol. The first-order chi connectivity index (χ1) is 12.7. The van der Waals surface area contributed by atoms with E-state index in [4.69, 9.17) is 27.9 Å². The van der Waals surface area contributed by atoms with Crippen molar-refractivity contribution in [2.75, 3.05) is 5.32 Å². The zero-order chi connectivity index (χ0) is 18.4. The Morgan fingerprint density at radius 3 is 2.65 bits per heavy atom. The molecular weight excluding hydrogens is 373 g/mol. The minimum Gasteiger partial charge on any atom is -0.489 e. The number of hydrogen-bond acceptors (Lipinski definition) is 5. The number of halogens is 2. The van der Waals surface area contributed by atoms with Crippen LogP contribution in [-0.4, -0.2) is 20.2 Å². The maximum atomic E-state index is 6.16. The van der Waals surface area contributed by atoms with E-state index in [9.17, 15) is 0 Å². The molecule has 3 aromatic rings. The molecule has 1 aromatic heterocycles. The van der Waals surface area contributed by atoms with Crippen molar-refractivity contribution in [3.8, 4) is 5.75 Å². The second-order valence-electron chi connectivity index (χ2n) is 5.75. The Labute approximate surface area is 162 Å². The van der Waals surface area contributed by atoms with Crippen molar-refractivity contribution in [1.29, 1.82) is 0 Å². The zero-order valence-corrected chi connectivity index (χ0v) is 15.8. The third-order valence-corrected chi connectivity index (χ3v) is 4.34. The number of hydrogen-bond donors (Lipinski definition) is 1. The SMILES string of the molecule is CCCn1nnnc1NCc1ccc(OCc2ccc(Cl)cc2Cl)cc1. The van der Waals surface area contributed by atoms with Crippen LogP contribution >= 0.6 is 23.2 Å². The number of rotatable bonds is 8. The van der Waals surface area contributed by atoms with Crippen molar-refractivity contribution >= 4 is 29.2 Å². The maximum absolute atomic E-state index is 6.16. The molecule has 8 heteroatoms. The van der Waals surface area contributed by atoms with Crippen LogP contribution in [0.4, 0.5) is 5.95 Å². The molecule has 0 unspecified atom stereocenters. The van der Waals surface area contributed by atoms with Gasteiger partial charge in [0.15, 0.2) is 0 Å². The van der Waals surface area contributed by atoms with Gasteiger partial charge in [-0.15, -0.1) is 0 Å². The highest BCUT2D eigenvalue weighted by Gasteiger charge is 2.05. The van der Waals surface area contributed by atoms with Crippen LogP contribution in [0.2, 0.25) is 10.0 Å². The maximum Gasteiger partial charge on any atom is 0.243 e. The number of ether oxygens (including phenoxy) is 1.